The van der Waals surface area contributed by atoms with Crippen molar-refractivity contribution < 1.29 is 19.1 Å². The number of nitrogens with zero attached hydrogens (tertiary/aromatic N) is 2. The summed E-state index contributed by atoms with van der Waals surface area (Å²) in [5.74, 6) is 0.903. The van der Waals surface area contributed by atoms with Gasteiger partial charge in [0.15, 0.2) is 5.96 Å². The van der Waals surface area contributed by atoms with E-state index in [-0.39, 0.29) is 47.3 Å². The summed E-state index contributed by atoms with van der Waals surface area (Å²) in [7, 11) is 1.64. The first-order valence-electron chi connectivity index (χ1n) is 12.2. The first-order chi connectivity index (χ1) is 15.9. The molecule has 2 aliphatic heterocycles. The molecule has 0 saturated heterocycles. The Kier molecular flexibility index (Phi) is 6.40. The molecule has 34 heavy (non-hydrogen) atoms. The van der Waals surface area contributed by atoms with Crippen molar-refractivity contribution in [3.8, 4) is 5.75 Å². The lowest BCUT2D eigenvalue weighted by atomic mass is 9.89. The van der Waals surface area contributed by atoms with Gasteiger partial charge in [-0.25, -0.2) is 4.99 Å². The van der Waals surface area contributed by atoms with Crippen LogP contribution in [0.5, 0.6) is 5.75 Å². The van der Waals surface area contributed by atoms with Crippen LogP contribution in [0.15, 0.2) is 23.2 Å². The summed E-state index contributed by atoms with van der Waals surface area (Å²) in [5, 5.41) is 3.28. The summed E-state index contributed by atoms with van der Waals surface area (Å²) < 4.78 is 11.5. The van der Waals surface area contributed by atoms with Crippen LogP contribution in [0.25, 0.3) is 0 Å². The summed E-state index contributed by atoms with van der Waals surface area (Å²) in [6, 6.07) is 5.80. The summed E-state index contributed by atoms with van der Waals surface area (Å²) in [4.78, 5) is 32.5. The van der Waals surface area contributed by atoms with Gasteiger partial charge in [-0.05, 0) is 65.0 Å². The molecule has 0 spiro atoms. The van der Waals surface area contributed by atoms with Crippen molar-refractivity contribution in [2.24, 2.45) is 22.6 Å². The average molecular weight is 471 g/mol. The van der Waals surface area contributed by atoms with Crippen LogP contribution in [0.2, 0.25) is 0 Å². The molecule has 186 valence electrons. The summed E-state index contributed by atoms with van der Waals surface area (Å²) in [6.45, 7) is 10.4. The van der Waals surface area contributed by atoms with Crippen LogP contribution < -0.4 is 15.8 Å². The van der Waals surface area contributed by atoms with Gasteiger partial charge in [-0.2, -0.15) is 0 Å². The highest BCUT2D eigenvalue weighted by atomic mass is 16.5. The number of rotatable bonds is 7. The Morgan fingerprint density at radius 1 is 1.35 bits per heavy atom. The molecule has 4 rings (SSSR count). The molecule has 1 aliphatic carbocycles. The van der Waals surface area contributed by atoms with Crippen LogP contribution in [0.3, 0.4) is 0 Å². The molecule has 0 aromatic heterocycles. The molecular formula is C26H38N4O4. The minimum Gasteiger partial charge on any atom is -0.487 e. The summed E-state index contributed by atoms with van der Waals surface area (Å²) >= 11 is 0. The minimum absolute atomic E-state index is 0.0157. The molecule has 0 unspecified atom stereocenters. The van der Waals surface area contributed by atoms with E-state index >= 15 is 0 Å². The Hall–Kier alpha value is -2.61. The van der Waals surface area contributed by atoms with E-state index in [9.17, 15) is 9.59 Å². The highest BCUT2D eigenvalue weighted by Gasteiger charge is 2.52. The fourth-order valence-electron chi connectivity index (χ4n) is 5.42. The van der Waals surface area contributed by atoms with Crippen LogP contribution in [0.1, 0.15) is 70.5 Å². The normalized spacial score (nSPS) is 27.8. The maximum Gasteiger partial charge on any atom is 0.231 e. The number of aliphatic imine (C=N–C) groups is 1. The lowest BCUT2D eigenvalue weighted by molar-refractivity contribution is -0.132. The second-order valence-corrected chi connectivity index (χ2v) is 11.2. The van der Waals surface area contributed by atoms with Gasteiger partial charge in [0, 0.05) is 37.7 Å². The fraction of sp³-hybridized carbons (Fsp3) is 0.654. The molecule has 3 N–H and O–H groups in total. The van der Waals surface area contributed by atoms with E-state index in [1.807, 2.05) is 52.8 Å². The zero-order valence-corrected chi connectivity index (χ0v) is 21.2. The zero-order chi connectivity index (χ0) is 24.8. The molecule has 1 aromatic rings. The molecule has 2 amide bonds. The number of carbonyl (C=O) groups excluding carboxylic acids is 2. The number of fused-ring (bicyclic) bond motifs is 1. The molecular weight excluding hydrogens is 432 g/mol. The molecule has 8 nitrogen and oxygen atoms in total. The quantitative estimate of drug-likeness (QED) is 0.637. The minimum atomic E-state index is -0.509. The molecule has 1 aromatic carbocycles. The molecule has 0 radical (unpaired) electrons. The van der Waals surface area contributed by atoms with Gasteiger partial charge in [-0.15, -0.1) is 0 Å². The highest BCUT2D eigenvalue weighted by Crippen LogP contribution is 2.47. The number of nitrogens with two attached hydrogens (primary N) is 1. The number of carbonyl (C=O) groups is 2. The highest BCUT2D eigenvalue weighted by molar-refractivity contribution is 5.99. The number of hydrogen-bond donors (Lipinski definition) is 2. The van der Waals surface area contributed by atoms with Crippen LogP contribution in [-0.2, 0) is 14.3 Å². The van der Waals surface area contributed by atoms with Gasteiger partial charge in [0.2, 0.25) is 11.8 Å². The van der Waals surface area contributed by atoms with E-state index in [0.717, 1.165) is 16.9 Å². The maximum absolute atomic E-state index is 13.4. The average Bonchev–Trinajstić information content (AvgIpc) is 3.48. The van der Waals surface area contributed by atoms with Gasteiger partial charge in [0.25, 0.3) is 0 Å². The Balaban J connectivity index is 1.50. The maximum atomic E-state index is 13.4. The van der Waals surface area contributed by atoms with Gasteiger partial charge < -0.3 is 20.5 Å². The predicted molar refractivity (Wildman–Crippen MR) is 130 cm³/mol. The van der Waals surface area contributed by atoms with Crippen molar-refractivity contribution in [2.75, 3.05) is 13.7 Å². The van der Waals surface area contributed by atoms with E-state index in [4.69, 9.17) is 15.2 Å². The Morgan fingerprint density at radius 2 is 2.09 bits per heavy atom. The van der Waals surface area contributed by atoms with Crippen LogP contribution in [0, 0.1) is 18.8 Å². The number of methoxy groups -OCH3 is 1. The number of aryl methyl sites for hydroxylation is 1. The number of hydrogen-bond acceptors (Lipinski definition) is 6. The second-order valence-electron chi connectivity index (χ2n) is 11.2. The van der Waals surface area contributed by atoms with Crippen molar-refractivity contribution >= 4 is 17.8 Å². The lowest BCUT2D eigenvalue weighted by Gasteiger charge is -2.39. The first-order valence-corrected chi connectivity index (χ1v) is 12.2. The van der Waals surface area contributed by atoms with E-state index in [2.05, 4.69) is 10.3 Å². The Labute approximate surface area is 202 Å². The van der Waals surface area contributed by atoms with E-state index in [0.29, 0.717) is 32.3 Å². The van der Waals surface area contributed by atoms with Crippen LogP contribution in [0.4, 0.5) is 0 Å². The van der Waals surface area contributed by atoms with Gasteiger partial charge >= 0.3 is 0 Å². The van der Waals surface area contributed by atoms with Crippen molar-refractivity contribution in [1.82, 2.24) is 10.2 Å². The van der Waals surface area contributed by atoms with Gasteiger partial charge in [0.1, 0.15) is 11.4 Å². The van der Waals surface area contributed by atoms with Crippen LogP contribution in [-0.4, -0.2) is 53.6 Å². The van der Waals surface area contributed by atoms with E-state index in [1.54, 1.807) is 12.0 Å². The van der Waals surface area contributed by atoms with Crippen molar-refractivity contribution in [3.05, 3.63) is 29.3 Å². The summed E-state index contributed by atoms with van der Waals surface area (Å²) in [5.41, 5.74) is 7.50. The third-order valence-electron chi connectivity index (χ3n) is 7.08. The Bertz CT molecular complexity index is 1000. The SMILES string of the molecule is COCC[C@H]([C@H]1C[C@@H]1C(=O)N[C@H]1CC(C)(C)Oc2cc(C)ccc21)N1C(=O)CC(C)(C)N=C1N. The fourth-order valence-corrected chi connectivity index (χ4v) is 5.42. The van der Waals surface area contributed by atoms with Crippen LogP contribution >= 0.6 is 0 Å². The lowest BCUT2D eigenvalue weighted by Crippen LogP contribution is -2.55. The molecule has 1 saturated carbocycles. The Morgan fingerprint density at radius 3 is 2.76 bits per heavy atom. The van der Waals surface area contributed by atoms with Gasteiger partial charge in [0.05, 0.1) is 18.0 Å². The van der Waals surface area contributed by atoms with E-state index < -0.39 is 5.54 Å². The monoisotopic (exact) mass is 470 g/mol. The summed E-state index contributed by atoms with van der Waals surface area (Å²) in [6.07, 6.45) is 2.32. The van der Waals surface area contributed by atoms with Gasteiger partial charge in [-0.3, -0.25) is 14.5 Å². The predicted octanol–water partition coefficient (Wildman–Crippen LogP) is 3.08. The van der Waals surface area contributed by atoms with Crippen molar-refractivity contribution in [2.45, 2.75) is 83.5 Å². The first kappa shape index (κ1) is 24.5. The topological polar surface area (TPSA) is 106 Å². The molecule has 1 fully saturated rings. The molecule has 4 atom stereocenters. The smallest absolute Gasteiger partial charge is 0.231 e. The standard InChI is InChI=1S/C26H38N4O4/c1-15-7-8-16-19(13-26(4,5)34-21(16)11-15)28-23(32)18-12-17(18)20(9-10-33-6)30-22(31)14-25(2,3)29-24(30)27/h7-8,11,17-20H,9-10,12-14H2,1-6H3,(H2,27,29)(H,28,32)/t17-,18-,19-,20+/m0/s1. The van der Waals surface area contributed by atoms with E-state index in [1.165, 1.54) is 0 Å². The molecule has 3 aliphatic rings. The third-order valence-corrected chi connectivity index (χ3v) is 7.08. The second kappa shape index (κ2) is 8.87. The van der Waals surface area contributed by atoms with Crippen molar-refractivity contribution in [3.63, 3.8) is 0 Å². The van der Waals surface area contributed by atoms with Crippen molar-refractivity contribution in [1.29, 1.82) is 0 Å². The number of amides is 2. The third kappa shape index (κ3) is 5.06. The molecule has 8 heteroatoms. The molecule has 2 heterocycles. The molecule has 0 bridgehead atoms. The largest absolute Gasteiger partial charge is 0.487 e. The zero-order valence-electron chi connectivity index (χ0n) is 21.2. The number of ether oxygens (including phenoxy) is 2. The van der Waals surface area contributed by atoms with Gasteiger partial charge in [-0.1, -0.05) is 12.1 Å². The number of benzene rings is 1. The number of guanidine groups is 1. The number of nitrogens with one attached hydrogen (secondary N) is 1.